The molecule has 13 heavy (non-hydrogen) atoms. The summed E-state index contributed by atoms with van der Waals surface area (Å²) in [5.74, 6) is 0. The average Bonchev–Trinajstić information content (AvgIpc) is 2.19. The molecule has 0 saturated heterocycles. The molecule has 0 bridgehead atoms. The van der Waals surface area contributed by atoms with Crippen molar-refractivity contribution in [3.63, 3.8) is 0 Å². The molecule has 0 heterocycles. The predicted octanol–water partition coefficient (Wildman–Crippen LogP) is 2.02. The number of aryl methyl sites for hydroxylation is 1. The lowest BCUT2D eigenvalue weighted by molar-refractivity contribution is 0.687. The zero-order valence-electron chi connectivity index (χ0n) is 7.51. The molecule has 0 aliphatic heterocycles. The summed E-state index contributed by atoms with van der Waals surface area (Å²) in [5, 5.41) is 8.79. The highest BCUT2D eigenvalue weighted by atomic mass is 14.6. The van der Waals surface area contributed by atoms with Crippen molar-refractivity contribution in [1.29, 1.82) is 5.26 Å². The van der Waals surface area contributed by atoms with E-state index in [2.05, 4.69) is 6.07 Å². The summed E-state index contributed by atoms with van der Waals surface area (Å²) in [6.07, 6.45) is 4.60. The lowest BCUT2D eigenvalue weighted by atomic mass is 9.89. The van der Waals surface area contributed by atoms with E-state index in [-0.39, 0.29) is 0 Å². The lowest BCUT2D eigenvalue weighted by Crippen LogP contribution is -2.07. The number of nitrogen functional groups attached to an aromatic ring is 1. The maximum absolute atomic E-state index is 8.79. The van der Waals surface area contributed by atoms with Gasteiger partial charge in [0.15, 0.2) is 0 Å². The van der Waals surface area contributed by atoms with Gasteiger partial charge in [-0.05, 0) is 42.9 Å². The molecule has 2 nitrogen and oxygen atoms in total. The van der Waals surface area contributed by atoms with E-state index in [4.69, 9.17) is 11.0 Å². The standard InChI is InChI=1S/C11H12N2/c12-7-9-6-5-8-3-1-2-4-10(8)11(9)13/h5-6H,1-4,13H2. The summed E-state index contributed by atoms with van der Waals surface area (Å²) in [7, 11) is 0. The second-order valence-corrected chi connectivity index (χ2v) is 3.48. The summed E-state index contributed by atoms with van der Waals surface area (Å²) < 4.78 is 0. The summed E-state index contributed by atoms with van der Waals surface area (Å²) >= 11 is 0. The molecule has 0 atom stereocenters. The summed E-state index contributed by atoms with van der Waals surface area (Å²) in [6, 6.07) is 6.00. The van der Waals surface area contributed by atoms with E-state index in [0.717, 1.165) is 12.8 Å². The van der Waals surface area contributed by atoms with Gasteiger partial charge in [0.1, 0.15) is 6.07 Å². The van der Waals surface area contributed by atoms with Crippen LogP contribution in [0, 0.1) is 11.3 Å². The Bertz CT molecular complexity index is 374. The number of anilines is 1. The van der Waals surface area contributed by atoms with E-state index in [9.17, 15) is 0 Å². The molecule has 66 valence electrons. The number of hydrogen-bond donors (Lipinski definition) is 1. The Hall–Kier alpha value is -1.49. The number of fused-ring (bicyclic) bond motifs is 1. The molecule has 0 amide bonds. The minimum Gasteiger partial charge on any atom is -0.397 e. The normalized spacial score (nSPS) is 14.7. The van der Waals surface area contributed by atoms with Crippen LogP contribution in [0.2, 0.25) is 0 Å². The van der Waals surface area contributed by atoms with Gasteiger partial charge in [0.2, 0.25) is 0 Å². The van der Waals surface area contributed by atoms with Crippen LogP contribution in [0.25, 0.3) is 0 Å². The predicted molar refractivity (Wildman–Crippen MR) is 52.2 cm³/mol. The van der Waals surface area contributed by atoms with Crippen LogP contribution in [-0.4, -0.2) is 0 Å². The van der Waals surface area contributed by atoms with Crippen molar-refractivity contribution in [2.24, 2.45) is 0 Å². The Morgan fingerprint density at radius 2 is 2.00 bits per heavy atom. The van der Waals surface area contributed by atoms with Crippen molar-refractivity contribution in [1.82, 2.24) is 0 Å². The largest absolute Gasteiger partial charge is 0.397 e. The Morgan fingerprint density at radius 1 is 1.23 bits per heavy atom. The molecule has 0 fully saturated rings. The first kappa shape index (κ1) is 8.12. The minimum absolute atomic E-state index is 0.626. The third-order valence-electron chi connectivity index (χ3n) is 2.70. The van der Waals surface area contributed by atoms with E-state index in [1.807, 2.05) is 12.1 Å². The Balaban J connectivity index is 2.56. The molecule has 0 radical (unpaired) electrons. The molecule has 0 spiro atoms. The molecule has 2 heteroatoms. The van der Waals surface area contributed by atoms with Gasteiger partial charge in [0, 0.05) is 0 Å². The van der Waals surface area contributed by atoms with Gasteiger partial charge >= 0.3 is 0 Å². The minimum atomic E-state index is 0.626. The molecule has 1 aliphatic rings. The van der Waals surface area contributed by atoms with Crippen molar-refractivity contribution in [3.05, 3.63) is 28.8 Å². The smallest absolute Gasteiger partial charge is 0.101 e. The summed E-state index contributed by atoms with van der Waals surface area (Å²) in [5.41, 5.74) is 9.77. The monoisotopic (exact) mass is 172 g/mol. The van der Waals surface area contributed by atoms with E-state index in [1.54, 1.807) is 0 Å². The number of nitrogens with zero attached hydrogens (tertiary/aromatic N) is 1. The third-order valence-corrected chi connectivity index (χ3v) is 2.70. The van der Waals surface area contributed by atoms with Crippen molar-refractivity contribution in [2.45, 2.75) is 25.7 Å². The van der Waals surface area contributed by atoms with E-state index >= 15 is 0 Å². The van der Waals surface area contributed by atoms with E-state index in [0.29, 0.717) is 11.3 Å². The van der Waals surface area contributed by atoms with Gasteiger partial charge in [0.05, 0.1) is 11.3 Å². The van der Waals surface area contributed by atoms with Crippen LogP contribution >= 0.6 is 0 Å². The van der Waals surface area contributed by atoms with Crippen LogP contribution in [0.4, 0.5) is 5.69 Å². The van der Waals surface area contributed by atoms with Gasteiger partial charge in [-0.3, -0.25) is 0 Å². The molecule has 1 aromatic carbocycles. The zero-order chi connectivity index (χ0) is 9.26. The van der Waals surface area contributed by atoms with E-state index < -0.39 is 0 Å². The van der Waals surface area contributed by atoms with Crippen molar-refractivity contribution >= 4 is 5.69 Å². The first-order chi connectivity index (χ1) is 6.33. The molecule has 1 aliphatic carbocycles. The fourth-order valence-corrected chi connectivity index (χ4v) is 1.95. The van der Waals surface area contributed by atoms with Gasteiger partial charge in [-0.1, -0.05) is 6.07 Å². The van der Waals surface area contributed by atoms with Crippen LogP contribution in [0.15, 0.2) is 12.1 Å². The number of nitriles is 1. The van der Waals surface area contributed by atoms with Crippen molar-refractivity contribution in [2.75, 3.05) is 5.73 Å². The summed E-state index contributed by atoms with van der Waals surface area (Å²) in [4.78, 5) is 0. The fourth-order valence-electron chi connectivity index (χ4n) is 1.95. The first-order valence-corrected chi connectivity index (χ1v) is 4.63. The second kappa shape index (κ2) is 3.10. The van der Waals surface area contributed by atoms with Crippen LogP contribution in [-0.2, 0) is 12.8 Å². The van der Waals surface area contributed by atoms with Crippen LogP contribution in [0.5, 0.6) is 0 Å². The van der Waals surface area contributed by atoms with Gasteiger partial charge < -0.3 is 5.73 Å². The maximum atomic E-state index is 8.79. The SMILES string of the molecule is N#Cc1ccc2c(c1N)CCCC2. The highest BCUT2D eigenvalue weighted by Crippen LogP contribution is 2.28. The van der Waals surface area contributed by atoms with Crippen LogP contribution < -0.4 is 5.73 Å². The lowest BCUT2D eigenvalue weighted by Gasteiger charge is -2.17. The van der Waals surface area contributed by atoms with Crippen LogP contribution in [0.1, 0.15) is 29.5 Å². The van der Waals surface area contributed by atoms with Crippen molar-refractivity contribution < 1.29 is 0 Å². The topological polar surface area (TPSA) is 49.8 Å². The first-order valence-electron chi connectivity index (χ1n) is 4.63. The summed E-state index contributed by atoms with van der Waals surface area (Å²) in [6.45, 7) is 0. The number of hydrogen-bond acceptors (Lipinski definition) is 2. The number of rotatable bonds is 0. The Kier molecular flexibility index (Phi) is 1.94. The molecule has 1 aromatic rings. The van der Waals surface area contributed by atoms with Gasteiger partial charge in [-0.25, -0.2) is 0 Å². The molecule has 0 unspecified atom stereocenters. The third kappa shape index (κ3) is 1.27. The Morgan fingerprint density at radius 3 is 2.77 bits per heavy atom. The van der Waals surface area contributed by atoms with Gasteiger partial charge in [-0.15, -0.1) is 0 Å². The maximum Gasteiger partial charge on any atom is 0.101 e. The molecule has 0 aromatic heterocycles. The fraction of sp³-hybridized carbons (Fsp3) is 0.364. The van der Waals surface area contributed by atoms with Crippen LogP contribution in [0.3, 0.4) is 0 Å². The molecule has 2 rings (SSSR count). The van der Waals surface area contributed by atoms with Crippen molar-refractivity contribution in [3.8, 4) is 6.07 Å². The molecule has 0 saturated carbocycles. The second-order valence-electron chi connectivity index (χ2n) is 3.48. The van der Waals surface area contributed by atoms with E-state index in [1.165, 1.54) is 24.0 Å². The number of nitrogens with two attached hydrogens (primary N) is 1. The molecular formula is C11H12N2. The van der Waals surface area contributed by atoms with Gasteiger partial charge in [-0.2, -0.15) is 5.26 Å². The Labute approximate surface area is 78.0 Å². The highest BCUT2D eigenvalue weighted by molar-refractivity contribution is 5.62. The molecule has 2 N–H and O–H groups in total. The molecular weight excluding hydrogens is 160 g/mol. The average molecular weight is 172 g/mol. The quantitative estimate of drug-likeness (QED) is 0.608. The van der Waals surface area contributed by atoms with Gasteiger partial charge in [0.25, 0.3) is 0 Å². The number of benzene rings is 1. The highest BCUT2D eigenvalue weighted by Gasteiger charge is 2.13. The zero-order valence-corrected chi connectivity index (χ0v) is 7.51.